The Bertz CT molecular complexity index is 872. The van der Waals surface area contributed by atoms with E-state index in [9.17, 15) is 18.8 Å². The first-order chi connectivity index (χ1) is 12.9. The lowest BCUT2D eigenvalue weighted by atomic mass is 10.1. The molecule has 0 atom stereocenters. The number of carbonyl (C=O) groups excluding carboxylic acids is 1. The molecular formula is C20H18F2N2O3. The maximum Gasteiger partial charge on any atom is 0.387 e. The number of rotatable bonds is 7. The highest BCUT2D eigenvalue weighted by Gasteiger charge is 2.17. The molecule has 1 amide bonds. The van der Waals surface area contributed by atoms with Gasteiger partial charge in [-0.15, -0.1) is 0 Å². The highest BCUT2D eigenvalue weighted by Crippen LogP contribution is 2.34. The van der Waals surface area contributed by atoms with Gasteiger partial charge in [0.2, 0.25) is 0 Å². The maximum atomic E-state index is 12.8. The van der Waals surface area contributed by atoms with Crippen molar-refractivity contribution in [2.24, 2.45) is 0 Å². The van der Waals surface area contributed by atoms with Crippen molar-refractivity contribution in [1.29, 1.82) is 5.26 Å². The Balaban J connectivity index is 2.35. The molecule has 27 heavy (non-hydrogen) atoms. The summed E-state index contributed by atoms with van der Waals surface area (Å²) in [6.07, 6.45) is 1.18. The summed E-state index contributed by atoms with van der Waals surface area (Å²) < 4.78 is 35.4. The molecule has 2 aromatic carbocycles. The standard InChI is InChI=1S/C20H18F2N2O3/c1-3-26-17-6-4-5-14(18(17)27-20(21)22)11-15(12-23)19(25)24-16-9-7-13(2)8-10-16/h4-11,20H,3H2,1-2H3,(H,24,25)/b15-11+. The number of hydrogen-bond donors (Lipinski definition) is 1. The van der Waals surface area contributed by atoms with Crippen LogP contribution in [-0.2, 0) is 4.79 Å². The smallest absolute Gasteiger partial charge is 0.387 e. The third-order valence-corrected chi connectivity index (χ3v) is 3.49. The Kier molecular flexibility index (Phi) is 6.89. The van der Waals surface area contributed by atoms with Crippen LogP contribution in [-0.4, -0.2) is 19.1 Å². The monoisotopic (exact) mass is 372 g/mol. The van der Waals surface area contributed by atoms with Crippen molar-refractivity contribution in [1.82, 2.24) is 0 Å². The van der Waals surface area contributed by atoms with Crippen LogP contribution in [0.25, 0.3) is 6.08 Å². The molecule has 0 aliphatic rings. The first-order valence-corrected chi connectivity index (χ1v) is 8.15. The van der Waals surface area contributed by atoms with Gasteiger partial charge in [-0.2, -0.15) is 14.0 Å². The highest BCUT2D eigenvalue weighted by molar-refractivity contribution is 6.09. The maximum absolute atomic E-state index is 12.8. The van der Waals surface area contributed by atoms with Gasteiger partial charge in [0.05, 0.1) is 6.61 Å². The van der Waals surface area contributed by atoms with E-state index in [1.165, 1.54) is 18.2 Å². The fourth-order valence-corrected chi connectivity index (χ4v) is 2.27. The molecule has 1 N–H and O–H groups in total. The molecule has 0 bridgehead atoms. The average Bonchev–Trinajstić information content (AvgIpc) is 2.63. The summed E-state index contributed by atoms with van der Waals surface area (Å²) in [6.45, 7) is 0.767. The third kappa shape index (κ3) is 5.54. The molecule has 0 fully saturated rings. The van der Waals surface area contributed by atoms with Crippen LogP contribution in [0.4, 0.5) is 14.5 Å². The molecule has 5 nitrogen and oxygen atoms in total. The van der Waals surface area contributed by atoms with E-state index in [0.717, 1.165) is 5.56 Å². The van der Waals surface area contributed by atoms with Crippen molar-refractivity contribution >= 4 is 17.7 Å². The average molecular weight is 372 g/mol. The molecule has 2 rings (SSSR count). The van der Waals surface area contributed by atoms with E-state index >= 15 is 0 Å². The lowest BCUT2D eigenvalue weighted by Crippen LogP contribution is -2.13. The first kappa shape index (κ1) is 19.9. The van der Waals surface area contributed by atoms with E-state index in [2.05, 4.69) is 10.1 Å². The lowest BCUT2D eigenvalue weighted by molar-refractivity contribution is -0.112. The molecule has 0 aliphatic heterocycles. The predicted molar refractivity (Wildman–Crippen MR) is 97.6 cm³/mol. The van der Waals surface area contributed by atoms with E-state index in [-0.39, 0.29) is 29.2 Å². The third-order valence-electron chi connectivity index (χ3n) is 3.49. The van der Waals surface area contributed by atoms with E-state index in [0.29, 0.717) is 5.69 Å². The summed E-state index contributed by atoms with van der Waals surface area (Å²) in [5, 5.41) is 11.9. The number of hydrogen-bond acceptors (Lipinski definition) is 4. The number of carbonyl (C=O) groups is 1. The molecular weight excluding hydrogens is 354 g/mol. The van der Waals surface area contributed by atoms with Crippen LogP contribution in [0.5, 0.6) is 11.5 Å². The van der Waals surface area contributed by atoms with Crippen LogP contribution in [0, 0.1) is 18.3 Å². The molecule has 0 radical (unpaired) electrons. The van der Waals surface area contributed by atoms with Gasteiger partial charge in [-0.3, -0.25) is 4.79 Å². The Morgan fingerprint density at radius 3 is 2.56 bits per heavy atom. The Hall–Kier alpha value is -3.40. The quantitative estimate of drug-likeness (QED) is 0.572. The van der Waals surface area contributed by atoms with Gasteiger partial charge in [-0.25, -0.2) is 0 Å². The second-order valence-electron chi connectivity index (χ2n) is 5.48. The zero-order valence-electron chi connectivity index (χ0n) is 14.8. The number of ether oxygens (including phenoxy) is 2. The van der Waals surface area contributed by atoms with Crippen molar-refractivity contribution in [2.75, 3.05) is 11.9 Å². The zero-order chi connectivity index (χ0) is 19.8. The van der Waals surface area contributed by atoms with E-state index in [4.69, 9.17) is 4.74 Å². The molecule has 0 saturated heterocycles. The number of anilines is 1. The second-order valence-corrected chi connectivity index (χ2v) is 5.48. The van der Waals surface area contributed by atoms with E-state index in [1.54, 1.807) is 31.2 Å². The molecule has 7 heteroatoms. The Labute approximate surface area is 155 Å². The predicted octanol–water partition coefficient (Wildman–Crippen LogP) is 4.54. The second kappa shape index (κ2) is 9.34. The number of nitriles is 1. The Morgan fingerprint density at radius 1 is 1.26 bits per heavy atom. The molecule has 0 heterocycles. The van der Waals surface area contributed by atoms with Crippen molar-refractivity contribution in [3.8, 4) is 17.6 Å². The van der Waals surface area contributed by atoms with Crippen molar-refractivity contribution < 1.29 is 23.0 Å². The molecule has 0 spiro atoms. The Morgan fingerprint density at radius 2 is 1.96 bits per heavy atom. The molecule has 0 aromatic heterocycles. The summed E-state index contributed by atoms with van der Waals surface area (Å²) in [5.74, 6) is -0.792. The van der Waals surface area contributed by atoms with Gasteiger partial charge in [0, 0.05) is 11.3 Å². The molecule has 2 aromatic rings. The van der Waals surface area contributed by atoms with Crippen LogP contribution in [0.1, 0.15) is 18.1 Å². The fourth-order valence-electron chi connectivity index (χ4n) is 2.27. The van der Waals surface area contributed by atoms with Crippen molar-refractivity contribution in [2.45, 2.75) is 20.5 Å². The number of halogens is 2. The minimum atomic E-state index is -3.08. The number of alkyl halides is 2. The van der Waals surface area contributed by atoms with Crippen LogP contribution in [0.3, 0.4) is 0 Å². The number of para-hydroxylation sites is 1. The van der Waals surface area contributed by atoms with Crippen LogP contribution in [0.15, 0.2) is 48.0 Å². The fraction of sp³-hybridized carbons (Fsp3) is 0.200. The highest BCUT2D eigenvalue weighted by atomic mass is 19.3. The molecule has 0 saturated carbocycles. The zero-order valence-corrected chi connectivity index (χ0v) is 14.8. The van der Waals surface area contributed by atoms with Crippen LogP contribution >= 0.6 is 0 Å². The van der Waals surface area contributed by atoms with Gasteiger partial charge in [-0.1, -0.05) is 29.8 Å². The normalized spacial score (nSPS) is 11.0. The van der Waals surface area contributed by atoms with Crippen LogP contribution < -0.4 is 14.8 Å². The number of nitrogens with one attached hydrogen (secondary N) is 1. The van der Waals surface area contributed by atoms with Crippen molar-refractivity contribution in [3.05, 3.63) is 59.2 Å². The molecule has 0 aliphatic carbocycles. The number of nitrogens with zero attached hydrogens (tertiary/aromatic N) is 1. The number of aryl methyl sites for hydroxylation is 1. The van der Waals surface area contributed by atoms with E-state index < -0.39 is 12.5 Å². The topological polar surface area (TPSA) is 71.3 Å². The van der Waals surface area contributed by atoms with Gasteiger partial charge in [0.1, 0.15) is 11.6 Å². The minimum absolute atomic E-state index is 0.0998. The molecule has 140 valence electrons. The van der Waals surface area contributed by atoms with Crippen LogP contribution in [0.2, 0.25) is 0 Å². The largest absolute Gasteiger partial charge is 0.490 e. The lowest BCUT2D eigenvalue weighted by Gasteiger charge is -2.14. The number of amides is 1. The van der Waals surface area contributed by atoms with E-state index in [1.807, 2.05) is 19.1 Å². The van der Waals surface area contributed by atoms with Gasteiger partial charge in [0.15, 0.2) is 11.5 Å². The first-order valence-electron chi connectivity index (χ1n) is 8.15. The minimum Gasteiger partial charge on any atom is -0.490 e. The number of benzene rings is 2. The van der Waals surface area contributed by atoms with Gasteiger partial charge < -0.3 is 14.8 Å². The van der Waals surface area contributed by atoms with Gasteiger partial charge >= 0.3 is 6.61 Å². The summed E-state index contributed by atoms with van der Waals surface area (Å²) in [7, 11) is 0. The molecule has 0 unspecified atom stereocenters. The SMILES string of the molecule is CCOc1cccc(/C=C(\C#N)C(=O)Nc2ccc(C)cc2)c1OC(F)F. The summed E-state index contributed by atoms with van der Waals surface area (Å²) >= 11 is 0. The summed E-state index contributed by atoms with van der Waals surface area (Å²) in [5.41, 5.74) is 1.41. The summed E-state index contributed by atoms with van der Waals surface area (Å²) in [4.78, 5) is 12.4. The van der Waals surface area contributed by atoms with Gasteiger partial charge in [-0.05, 0) is 38.1 Å². The van der Waals surface area contributed by atoms with Gasteiger partial charge in [0.25, 0.3) is 5.91 Å². The summed E-state index contributed by atoms with van der Waals surface area (Å²) in [6, 6.07) is 13.3. The van der Waals surface area contributed by atoms with Crippen molar-refractivity contribution in [3.63, 3.8) is 0 Å².